The molecule has 2 rings (SSSR count). The molecule has 1 heterocycles. The van der Waals surface area contributed by atoms with E-state index in [4.69, 9.17) is 0 Å². The third-order valence-electron chi connectivity index (χ3n) is 3.26. The molecule has 7 heteroatoms. The molecule has 2 N–H and O–H groups in total. The van der Waals surface area contributed by atoms with Gasteiger partial charge in [0.15, 0.2) is 0 Å². The van der Waals surface area contributed by atoms with E-state index in [0.717, 1.165) is 9.37 Å². The fraction of sp³-hybridized carbons (Fsp3) is 0.308. The molecule has 0 aromatic heterocycles. The number of benzene rings is 1. The van der Waals surface area contributed by atoms with Crippen molar-refractivity contribution in [2.45, 2.75) is 12.5 Å². The maximum atomic E-state index is 12.4. The van der Waals surface area contributed by atoms with Crippen LogP contribution >= 0.6 is 15.9 Å². The van der Waals surface area contributed by atoms with E-state index in [-0.39, 0.29) is 6.54 Å². The second kappa shape index (κ2) is 5.24. The summed E-state index contributed by atoms with van der Waals surface area (Å²) in [5.74, 6) is -0.837. The SMILES string of the molecule is CNC(=O)CN1C(=O)N[C@@](C)(c2cccc(Br)c2)C1=O. The fourth-order valence-electron chi connectivity index (χ4n) is 2.06. The average Bonchev–Trinajstić information content (AvgIpc) is 2.63. The quantitative estimate of drug-likeness (QED) is 0.805. The molecule has 1 atom stereocenters. The maximum absolute atomic E-state index is 12.4. The van der Waals surface area contributed by atoms with Crippen LogP contribution in [-0.4, -0.2) is 36.3 Å². The van der Waals surface area contributed by atoms with Gasteiger partial charge in [0.05, 0.1) is 0 Å². The Balaban J connectivity index is 2.33. The van der Waals surface area contributed by atoms with Gasteiger partial charge in [-0.05, 0) is 24.6 Å². The minimum atomic E-state index is -1.16. The molecule has 1 saturated heterocycles. The second-order valence-corrected chi connectivity index (χ2v) is 5.55. The lowest BCUT2D eigenvalue weighted by Crippen LogP contribution is -2.42. The van der Waals surface area contributed by atoms with Crippen LogP contribution in [0.15, 0.2) is 28.7 Å². The van der Waals surface area contributed by atoms with Crippen LogP contribution in [-0.2, 0) is 15.1 Å². The van der Waals surface area contributed by atoms with Crippen LogP contribution in [0.25, 0.3) is 0 Å². The first-order chi connectivity index (χ1) is 9.38. The van der Waals surface area contributed by atoms with E-state index in [9.17, 15) is 14.4 Å². The van der Waals surface area contributed by atoms with Gasteiger partial charge in [-0.15, -0.1) is 0 Å². The third kappa shape index (κ3) is 2.40. The van der Waals surface area contributed by atoms with Gasteiger partial charge in [-0.3, -0.25) is 14.5 Å². The first-order valence-corrected chi connectivity index (χ1v) is 6.78. The molecule has 1 aliphatic rings. The number of carbonyl (C=O) groups is 3. The van der Waals surface area contributed by atoms with Gasteiger partial charge in [0.1, 0.15) is 12.1 Å². The van der Waals surface area contributed by atoms with Crippen LogP contribution in [0.4, 0.5) is 4.79 Å². The zero-order valence-corrected chi connectivity index (χ0v) is 12.7. The van der Waals surface area contributed by atoms with E-state index >= 15 is 0 Å². The van der Waals surface area contributed by atoms with Crippen molar-refractivity contribution in [1.82, 2.24) is 15.5 Å². The molecule has 20 heavy (non-hydrogen) atoms. The lowest BCUT2D eigenvalue weighted by molar-refractivity contribution is -0.134. The van der Waals surface area contributed by atoms with Crippen LogP contribution < -0.4 is 10.6 Å². The summed E-state index contributed by atoms with van der Waals surface area (Å²) in [6.07, 6.45) is 0. The number of carbonyl (C=O) groups excluding carboxylic acids is 3. The van der Waals surface area contributed by atoms with E-state index in [1.54, 1.807) is 25.1 Å². The number of amides is 4. The number of imide groups is 1. The van der Waals surface area contributed by atoms with Gasteiger partial charge in [0.25, 0.3) is 5.91 Å². The van der Waals surface area contributed by atoms with E-state index in [0.29, 0.717) is 5.56 Å². The fourth-order valence-corrected chi connectivity index (χ4v) is 2.46. The number of halogens is 1. The first-order valence-electron chi connectivity index (χ1n) is 5.99. The van der Waals surface area contributed by atoms with E-state index in [1.807, 2.05) is 6.07 Å². The number of nitrogens with one attached hydrogen (secondary N) is 2. The molecule has 0 saturated carbocycles. The van der Waals surface area contributed by atoms with Gasteiger partial charge in [0.2, 0.25) is 5.91 Å². The normalized spacial score (nSPS) is 21.9. The highest BCUT2D eigenvalue weighted by atomic mass is 79.9. The second-order valence-electron chi connectivity index (χ2n) is 4.63. The minimum absolute atomic E-state index is 0.287. The van der Waals surface area contributed by atoms with Crippen molar-refractivity contribution in [1.29, 1.82) is 0 Å². The van der Waals surface area contributed by atoms with Gasteiger partial charge in [-0.2, -0.15) is 0 Å². The Morgan fingerprint density at radius 1 is 1.45 bits per heavy atom. The minimum Gasteiger partial charge on any atom is -0.358 e. The van der Waals surface area contributed by atoms with Gasteiger partial charge in [0, 0.05) is 11.5 Å². The molecule has 0 bridgehead atoms. The number of hydrogen-bond donors (Lipinski definition) is 2. The molecule has 0 radical (unpaired) electrons. The molecule has 0 unspecified atom stereocenters. The Bertz CT molecular complexity index is 590. The summed E-state index contributed by atoms with van der Waals surface area (Å²) >= 11 is 3.33. The summed E-state index contributed by atoms with van der Waals surface area (Å²) in [7, 11) is 1.45. The Labute approximate surface area is 124 Å². The molecule has 6 nitrogen and oxygen atoms in total. The van der Waals surface area contributed by atoms with Crippen molar-refractivity contribution in [3.63, 3.8) is 0 Å². The lowest BCUT2D eigenvalue weighted by Gasteiger charge is -2.22. The highest BCUT2D eigenvalue weighted by molar-refractivity contribution is 9.10. The molecule has 1 aromatic carbocycles. The third-order valence-corrected chi connectivity index (χ3v) is 3.75. The van der Waals surface area contributed by atoms with E-state index < -0.39 is 23.4 Å². The average molecular weight is 340 g/mol. The summed E-state index contributed by atoms with van der Waals surface area (Å²) in [5.41, 5.74) is -0.501. The summed E-state index contributed by atoms with van der Waals surface area (Å²) in [6.45, 7) is 1.34. The topological polar surface area (TPSA) is 78.5 Å². The van der Waals surface area contributed by atoms with Crippen LogP contribution in [0.1, 0.15) is 12.5 Å². The van der Waals surface area contributed by atoms with Crippen molar-refractivity contribution in [2.24, 2.45) is 0 Å². The number of rotatable bonds is 3. The van der Waals surface area contributed by atoms with Crippen LogP contribution in [0.2, 0.25) is 0 Å². The Hall–Kier alpha value is -1.89. The van der Waals surface area contributed by atoms with Crippen molar-refractivity contribution >= 4 is 33.8 Å². The summed E-state index contributed by atoms with van der Waals surface area (Å²) in [5, 5.41) is 5.03. The van der Waals surface area contributed by atoms with E-state index in [2.05, 4.69) is 26.6 Å². The lowest BCUT2D eigenvalue weighted by atomic mass is 9.92. The summed E-state index contributed by atoms with van der Waals surface area (Å²) in [4.78, 5) is 36.6. The maximum Gasteiger partial charge on any atom is 0.325 e. The Morgan fingerprint density at radius 3 is 2.75 bits per heavy atom. The molecule has 106 valence electrons. The van der Waals surface area contributed by atoms with Crippen molar-refractivity contribution in [2.75, 3.05) is 13.6 Å². The predicted octanol–water partition coefficient (Wildman–Crippen LogP) is 0.962. The molecule has 1 aliphatic heterocycles. The molecule has 1 fully saturated rings. The predicted molar refractivity (Wildman–Crippen MR) is 75.8 cm³/mol. The number of nitrogens with zero attached hydrogens (tertiary/aromatic N) is 1. The van der Waals surface area contributed by atoms with Gasteiger partial charge in [-0.1, -0.05) is 28.1 Å². The molecule has 4 amide bonds. The number of urea groups is 1. The Morgan fingerprint density at radius 2 is 2.15 bits per heavy atom. The van der Waals surface area contributed by atoms with Crippen LogP contribution in [0, 0.1) is 0 Å². The summed E-state index contributed by atoms with van der Waals surface area (Å²) in [6, 6.07) is 6.57. The van der Waals surface area contributed by atoms with Gasteiger partial charge in [-0.25, -0.2) is 4.79 Å². The molecular formula is C13H14BrN3O3. The van der Waals surface area contributed by atoms with E-state index in [1.165, 1.54) is 7.05 Å². The van der Waals surface area contributed by atoms with Gasteiger partial charge < -0.3 is 10.6 Å². The number of likely N-dealkylation sites (N-methyl/N-ethyl adjacent to an activating group) is 1. The zero-order valence-electron chi connectivity index (χ0n) is 11.1. The monoisotopic (exact) mass is 339 g/mol. The van der Waals surface area contributed by atoms with Crippen molar-refractivity contribution in [3.05, 3.63) is 34.3 Å². The zero-order chi connectivity index (χ0) is 14.9. The molecule has 0 aliphatic carbocycles. The molecule has 0 spiro atoms. The van der Waals surface area contributed by atoms with Crippen LogP contribution in [0.3, 0.4) is 0 Å². The van der Waals surface area contributed by atoms with Crippen molar-refractivity contribution in [3.8, 4) is 0 Å². The first kappa shape index (κ1) is 14.5. The standard InChI is InChI=1S/C13H14BrN3O3/c1-13(8-4-3-5-9(14)6-8)11(19)17(12(20)16-13)7-10(18)15-2/h3-6H,7H2,1-2H3,(H,15,18)(H,16,20)/t13-/m0/s1. The van der Waals surface area contributed by atoms with Crippen molar-refractivity contribution < 1.29 is 14.4 Å². The highest BCUT2D eigenvalue weighted by Crippen LogP contribution is 2.30. The summed E-state index contributed by atoms with van der Waals surface area (Å²) < 4.78 is 0.808. The number of hydrogen-bond acceptors (Lipinski definition) is 3. The molecular weight excluding hydrogens is 326 g/mol. The van der Waals surface area contributed by atoms with Gasteiger partial charge >= 0.3 is 6.03 Å². The highest BCUT2D eigenvalue weighted by Gasteiger charge is 2.49. The Kier molecular flexibility index (Phi) is 3.80. The largest absolute Gasteiger partial charge is 0.358 e. The smallest absolute Gasteiger partial charge is 0.325 e. The van der Waals surface area contributed by atoms with Crippen LogP contribution in [0.5, 0.6) is 0 Å². The molecule has 1 aromatic rings.